The Hall–Kier alpha value is -2.04. The number of para-hydroxylation sites is 1. The summed E-state index contributed by atoms with van der Waals surface area (Å²) in [6.07, 6.45) is 0.559. The Kier molecular flexibility index (Phi) is 4.84. The van der Waals surface area contributed by atoms with Crippen LogP contribution in [0.1, 0.15) is 23.5 Å². The van der Waals surface area contributed by atoms with Gasteiger partial charge in [0.25, 0.3) is 0 Å². The summed E-state index contributed by atoms with van der Waals surface area (Å²) in [6, 6.07) is 14.9. The van der Waals surface area contributed by atoms with Crippen molar-refractivity contribution in [1.82, 2.24) is 5.32 Å². The summed E-state index contributed by atoms with van der Waals surface area (Å²) < 4.78 is 0. The molecule has 2 unspecified atom stereocenters. The maximum atomic E-state index is 12.6. The van der Waals surface area contributed by atoms with Crippen LogP contribution in [0.3, 0.4) is 0 Å². The predicted octanol–water partition coefficient (Wildman–Crippen LogP) is 2.92. The Morgan fingerprint density at radius 1 is 1.17 bits per heavy atom. The molecule has 1 heterocycles. The van der Waals surface area contributed by atoms with Crippen LogP contribution in [0.25, 0.3) is 0 Å². The Labute approximate surface area is 140 Å². The third-order valence-corrected chi connectivity index (χ3v) is 4.43. The van der Waals surface area contributed by atoms with E-state index in [4.69, 9.17) is 11.6 Å². The number of aliphatic hydroxyl groups excluding tert-OH is 1. The topological polar surface area (TPSA) is 61.4 Å². The molecule has 23 heavy (non-hydrogen) atoms. The van der Waals surface area contributed by atoms with Crippen molar-refractivity contribution < 1.29 is 9.90 Å². The van der Waals surface area contributed by atoms with Gasteiger partial charge >= 0.3 is 0 Å². The number of anilines is 1. The lowest BCUT2D eigenvalue weighted by molar-refractivity contribution is -0.122. The average Bonchev–Trinajstić information content (AvgIpc) is 2.93. The van der Waals surface area contributed by atoms with Crippen molar-refractivity contribution in [1.29, 1.82) is 0 Å². The van der Waals surface area contributed by atoms with Gasteiger partial charge in [-0.1, -0.05) is 41.9 Å². The van der Waals surface area contributed by atoms with Gasteiger partial charge in [0.1, 0.15) is 6.04 Å². The van der Waals surface area contributed by atoms with Crippen molar-refractivity contribution in [2.24, 2.45) is 0 Å². The summed E-state index contributed by atoms with van der Waals surface area (Å²) in [7, 11) is 0. The second kappa shape index (κ2) is 7.02. The number of halogens is 1. The van der Waals surface area contributed by atoms with Gasteiger partial charge in [-0.15, -0.1) is 0 Å². The van der Waals surface area contributed by atoms with Crippen LogP contribution in [0, 0.1) is 0 Å². The summed E-state index contributed by atoms with van der Waals surface area (Å²) in [4.78, 5) is 12.6. The third-order valence-electron chi connectivity index (χ3n) is 4.18. The summed E-state index contributed by atoms with van der Waals surface area (Å²) in [5.74, 6) is -0.0731. The molecule has 2 atom stereocenters. The molecule has 1 aliphatic heterocycles. The first-order valence-corrected chi connectivity index (χ1v) is 8.05. The molecule has 3 rings (SSSR count). The van der Waals surface area contributed by atoms with Gasteiger partial charge in [-0.2, -0.15) is 0 Å². The van der Waals surface area contributed by atoms with Crippen molar-refractivity contribution in [2.75, 3.05) is 11.9 Å². The van der Waals surface area contributed by atoms with Crippen LogP contribution in [0.2, 0.25) is 5.02 Å². The summed E-state index contributed by atoms with van der Waals surface area (Å²) in [5.41, 5.74) is 3.06. The van der Waals surface area contributed by atoms with Crippen LogP contribution in [0.15, 0.2) is 48.5 Å². The Bertz CT molecular complexity index is 688. The van der Waals surface area contributed by atoms with Crippen LogP contribution in [0.4, 0.5) is 5.69 Å². The summed E-state index contributed by atoms with van der Waals surface area (Å²) in [5, 5.41) is 16.2. The fourth-order valence-corrected chi connectivity index (χ4v) is 3.14. The van der Waals surface area contributed by atoms with E-state index in [1.54, 1.807) is 12.1 Å². The summed E-state index contributed by atoms with van der Waals surface area (Å²) in [6.45, 7) is 0.512. The maximum Gasteiger partial charge on any atom is 0.243 e. The zero-order valence-corrected chi connectivity index (χ0v) is 13.4. The molecule has 0 fully saturated rings. The number of carbonyl (C=O) groups is 1. The zero-order chi connectivity index (χ0) is 16.2. The van der Waals surface area contributed by atoms with E-state index in [9.17, 15) is 9.90 Å². The molecule has 0 radical (unpaired) electrons. The van der Waals surface area contributed by atoms with E-state index in [2.05, 4.69) is 10.6 Å². The second-order valence-electron chi connectivity index (χ2n) is 5.67. The first-order chi connectivity index (χ1) is 11.2. The molecule has 0 spiro atoms. The van der Waals surface area contributed by atoms with Gasteiger partial charge in [-0.05, 0) is 35.7 Å². The third kappa shape index (κ3) is 3.49. The average molecular weight is 331 g/mol. The number of nitrogens with one attached hydrogen (secondary N) is 2. The van der Waals surface area contributed by atoms with E-state index in [0.717, 1.165) is 16.8 Å². The number of rotatable bonds is 5. The predicted molar refractivity (Wildman–Crippen MR) is 91.6 cm³/mol. The molecular weight excluding hydrogens is 312 g/mol. The monoisotopic (exact) mass is 330 g/mol. The first kappa shape index (κ1) is 15.8. The van der Waals surface area contributed by atoms with Gasteiger partial charge in [0.05, 0.1) is 0 Å². The first-order valence-electron chi connectivity index (χ1n) is 7.67. The quantitative estimate of drug-likeness (QED) is 0.790. The van der Waals surface area contributed by atoms with E-state index in [1.807, 2.05) is 36.4 Å². The van der Waals surface area contributed by atoms with Crippen molar-refractivity contribution in [3.05, 3.63) is 64.7 Å². The fourth-order valence-electron chi connectivity index (χ4n) is 3.01. The Balaban J connectivity index is 1.68. The molecule has 2 aromatic rings. The van der Waals surface area contributed by atoms with Gasteiger partial charge in [0.2, 0.25) is 5.91 Å². The van der Waals surface area contributed by atoms with E-state index in [1.165, 1.54) is 0 Å². The number of amides is 1. The highest BCUT2D eigenvalue weighted by molar-refractivity contribution is 6.30. The highest BCUT2D eigenvalue weighted by Crippen LogP contribution is 2.37. The number of benzene rings is 2. The lowest BCUT2D eigenvalue weighted by atomic mass is 9.91. The van der Waals surface area contributed by atoms with Crippen LogP contribution < -0.4 is 10.6 Å². The smallest absolute Gasteiger partial charge is 0.243 e. The van der Waals surface area contributed by atoms with Gasteiger partial charge < -0.3 is 15.7 Å². The maximum absolute atomic E-state index is 12.6. The number of hydrogen-bond donors (Lipinski definition) is 3. The lowest BCUT2D eigenvalue weighted by Gasteiger charge is -2.19. The lowest BCUT2D eigenvalue weighted by Crippen LogP contribution is -2.40. The molecule has 0 saturated heterocycles. The molecule has 1 amide bonds. The minimum atomic E-state index is -0.355. The minimum Gasteiger partial charge on any atom is -0.396 e. The molecule has 5 heteroatoms. The molecule has 3 N–H and O–H groups in total. The number of carbonyl (C=O) groups excluding carboxylic acids is 1. The van der Waals surface area contributed by atoms with Crippen LogP contribution in [0.5, 0.6) is 0 Å². The van der Waals surface area contributed by atoms with Gasteiger partial charge in [0, 0.05) is 29.8 Å². The molecule has 0 bridgehead atoms. The number of hydrogen-bond acceptors (Lipinski definition) is 3. The Morgan fingerprint density at radius 2 is 1.91 bits per heavy atom. The van der Waals surface area contributed by atoms with Crippen molar-refractivity contribution in [3.8, 4) is 0 Å². The van der Waals surface area contributed by atoms with Gasteiger partial charge in [-0.3, -0.25) is 4.79 Å². The molecule has 0 aliphatic carbocycles. The fraction of sp³-hybridized carbons (Fsp3) is 0.278. The van der Waals surface area contributed by atoms with E-state index in [0.29, 0.717) is 18.0 Å². The minimum absolute atomic E-state index is 0.0126. The molecular formula is C18H19ClN2O2. The molecule has 120 valence electrons. The van der Waals surface area contributed by atoms with Crippen LogP contribution in [-0.4, -0.2) is 23.7 Å². The second-order valence-corrected chi connectivity index (χ2v) is 6.11. The molecule has 0 saturated carbocycles. The highest BCUT2D eigenvalue weighted by Gasteiger charge is 2.36. The van der Waals surface area contributed by atoms with Gasteiger partial charge in [0.15, 0.2) is 0 Å². The summed E-state index contributed by atoms with van der Waals surface area (Å²) >= 11 is 5.86. The molecule has 0 aromatic heterocycles. The SMILES string of the molecule is O=C(NCc1ccc(Cl)cc1)C1Nc2ccccc2C1CCO. The Morgan fingerprint density at radius 3 is 2.65 bits per heavy atom. The largest absolute Gasteiger partial charge is 0.396 e. The highest BCUT2D eigenvalue weighted by atomic mass is 35.5. The zero-order valence-electron chi connectivity index (χ0n) is 12.6. The van der Waals surface area contributed by atoms with E-state index in [-0.39, 0.29) is 24.5 Å². The van der Waals surface area contributed by atoms with Crippen molar-refractivity contribution >= 4 is 23.2 Å². The number of fused-ring (bicyclic) bond motifs is 1. The normalized spacial score (nSPS) is 19.0. The van der Waals surface area contributed by atoms with E-state index < -0.39 is 0 Å². The van der Waals surface area contributed by atoms with E-state index >= 15 is 0 Å². The number of aliphatic hydroxyl groups is 1. The van der Waals surface area contributed by atoms with Crippen LogP contribution >= 0.6 is 11.6 Å². The molecule has 4 nitrogen and oxygen atoms in total. The molecule has 1 aliphatic rings. The van der Waals surface area contributed by atoms with Crippen molar-refractivity contribution in [2.45, 2.75) is 24.9 Å². The molecule has 2 aromatic carbocycles. The van der Waals surface area contributed by atoms with Crippen LogP contribution in [-0.2, 0) is 11.3 Å². The van der Waals surface area contributed by atoms with Gasteiger partial charge in [-0.25, -0.2) is 0 Å². The van der Waals surface area contributed by atoms with Crippen molar-refractivity contribution in [3.63, 3.8) is 0 Å². The standard InChI is InChI=1S/C18H19ClN2O2/c19-13-7-5-12(6-8-13)11-20-18(23)17-15(9-10-22)14-3-1-2-4-16(14)21-17/h1-8,15,17,21-22H,9-11H2,(H,20,23).